The van der Waals surface area contributed by atoms with E-state index in [1.165, 1.54) is 12.1 Å². The van der Waals surface area contributed by atoms with Gasteiger partial charge in [0.25, 0.3) is 0 Å². The molecule has 0 heterocycles. The standard InChI is InChI=1S/C16H12BrClF3NO/c1-2-15(22-23-12-6-3-10(17)4-7-12)13-9-11(18)5-8-14(13)16(19,20)21/h3-9H,2H2,1H3. The van der Waals surface area contributed by atoms with Crippen molar-refractivity contribution in [1.82, 2.24) is 0 Å². The Bertz CT molecular complexity index is 714. The van der Waals surface area contributed by atoms with Crippen LogP contribution in [0.3, 0.4) is 0 Å². The summed E-state index contributed by atoms with van der Waals surface area (Å²) in [6.45, 7) is 1.70. The van der Waals surface area contributed by atoms with Crippen LogP contribution in [0.5, 0.6) is 5.75 Å². The number of hydrogen-bond donors (Lipinski definition) is 0. The molecule has 0 spiro atoms. The molecule has 0 aliphatic rings. The van der Waals surface area contributed by atoms with Gasteiger partial charge in [-0.15, -0.1) is 0 Å². The highest BCUT2D eigenvalue weighted by Gasteiger charge is 2.34. The Morgan fingerprint density at radius 3 is 2.39 bits per heavy atom. The van der Waals surface area contributed by atoms with Crippen molar-refractivity contribution in [3.05, 3.63) is 63.1 Å². The van der Waals surface area contributed by atoms with Crippen molar-refractivity contribution in [3.8, 4) is 5.75 Å². The maximum Gasteiger partial charge on any atom is 0.417 e. The van der Waals surface area contributed by atoms with Crippen LogP contribution < -0.4 is 4.84 Å². The Morgan fingerprint density at radius 2 is 1.83 bits per heavy atom. The molecule has 2 rings (SSSR count). The van der Waals surface area contributed by atoms with Crippen LogP contribution in [0.25, 0.3) is 0 Å². The van der Waals surface area contributed by atoms with Crippen molar-refractivity contribution in [2.75, 3.05) is 0 Å². The molecule has 0 bridgehead atoms. The van der Waals surface area contributed by atoms with E-state index in [0.717, 1.165) is 10.5 Å². The molecule has 2 aromatic carbocycles. The lowest BCUT2D eigenvalue weighted by molar-refractivity contribution is -0.137. The average Bonchev–Trinajstić information content (AvgIpc) is 2.48. The van der Waals surface area contributed by atoms with Gasteiger partial charge in [-0.05, 0) is 48.9 Å². The van der Waals surface area contributed by atoms with Crippen molar-refractivity contribution in [3.63, 3.8) is 0 Å². The molecule has 0 unspecified atom stereocenters. The summed E-state index contributed by atoms with van der Waals surface area (Å²) in [7, 11) is 0. The van der Waals surface area contributed by atoms with Gasteiger partial charge in [0.2, 0.25) is 0 Å². The third-order valence-corrected chi connectivity index (χ3v) is 3.77. The van der Waals surface area contributed by atoms with E-state index >= 15 is 0 Å². The molecule has 0 aromatic heterocycles. The van der Waals surface area contributed by atoms with E-state index in [4.69, 9.17) is 16.4 Å². The van der Waals surface area contributed by atoms with Gasteiger partial charge in [0.15, 0.2) is 5.75 Å². The van der Waals surface area contributed by atoms with Crippen molar-refractivity contribution < 1.29 is 18.0 Å². The molecule has 0 saturated carbocycles. The largest absolute Gasteiger partial charge is 0.417 e. The van der Waals surface area contributed by atoms with Gasteiger partial charge in [-0.1, -0.05) is 39.6 Å². The normalized spacial score (nSPS) is 12.3. The highest BCUT2D eigenvalue weighted by atomic mass is 79.9. The number of benzene rings is 2. The summed E-state index contributed by atoms with van der Waals surface area (Å²) in [6.07, 6.45) is -4.23. The lowest BCUT2D eigenvalue weighted by atomic mass is 10.0. The first-order valence-electron chi connectivity index (χ1n) is 6.68. The molecule has 0 N–H and O–H groups in total. The van der Waals surface area contributed by atoms with Gasteiger partial charge >= 0.3 is 6.18 Å². The third-order valence-electron chi connectivity index (χ3n) is 3.01. The van der Waals surface area contributed by atoms with Crippen LogP contribution in [-0.4, -0.2) is 5.71 Å². The Kier molecular flexibility index (Phi) is 5.70. The van der Waals surface area contributed by atoms with Gasteiger partial charge in [0, 0.05) is 15.1 Å². The highest BCUT2D eigenvalue weighted by molar-refractivity contribution is 9.10. The first-order valence-corrected chi connectivity index (χ1v) is 7.85. The van der Waals surface area contributed by atoms with Gasteiger partial charge in [0.05, 0.1) is 11.3 Å². The summed E-state index contributed by atoms with van der Waals surface area (Å²) in [5.74, 6) is 0.426. The number of oxime groups is 1. The predicted octanol–water partition coefficient (Wildman–Crippen LogP) is 6.31. The van der Waals surface area contributed by atoms with Crippen molar-refractivity contribution >= 4 is 33.2 Å². The molecule has 0 aliphatic heterocycles. The first-order chi connectivity index (χ1) is 10.8. The van der Waals surface area contributed by atoms with E-state index in [1.54, 1.807) is 31.2 Å². The maximum absolute atomic E-state index is 13.1. The first kappa shape index (κ1) is 17.8. The second-order valence-corrected chi connectivity index (χ2v) is 5.98. The average molecular weight is 407 g/mol. The smallest absolute Gasteiger partial charge is 0.357 e. The fourth-order valence-electron chi connectivity index (χ4n) is 1.91. The van der Waals surface area contributed by atoms with Gasteiger partial charge in [0.1, 0.15) is 0 Å². The minimum absolute atomic E-state index is 0.0791. The zero-order valence-corrected chi connectivity index (χ0v) is 14.3. The quantitative estimate of drug-likeness (QED) is 0.430. The predicted molar refractivity (Wildman–Crippen MR) is 88.1 cm³/mol. The van der Waals surface area contributed by atoms with Crippen molar-refractivity contribution in [2.24, 2.45) is 5.16 Å². The molecular formula is C16H12BrClF3NO. The summed E-state index contributed by atoms with van der Waals surface area (Å²) in [5.41, 5.74) is -0.700. The molecule has 0 aliphatic carbocycles. The zero-order chi connectivity index (χ0) is 17.0. The minimum atomic E-state index is -4.49. The van der Waals surface area contributed by atoms with Gasteiger partial charge < -0.3 is 4.84 Å². The van der Waals surface area contributed by atoms with Gasteiger partial charge in [-0.2, -0.15) is 13.2 Å². The number of alkyl halides is 3. The van der Waals surface area contributed by atoms with Gasteiger partial charge in [-0.25, -0.2) is 0 Å². The monoisotopic (exact) mass is 405 g/mol. The molecule has 23 heavy (non-hydrogen) atoms. The van der Waals surface area contributed by atoms with Crippen LogP contribution >= 0.6 is 27.5 Å². The fourth-order valence-corrected chi connectivity index (χ4v) is 2.35. The van der Waals surface area contributed by atoms with Crippen LogP contribution in [0.1, 0.15) is 24.5 Å². The third kappa shape index (κ3) is 4.72. The Labute approximate surface area is 145 Å². The van der Waals surface area contributed by atoms with E-state index in [2.05, 4.69) is 21.1 Å². The Balaban J connectivity index is 2.38. The number of hydrogen-bond acceptors (Lipinski definition) is 2. The maximum atomic E-state index is 13.1. The van der Waals surface area contributed by atoms with Crippen molar-refractivity contribution in [2.45, 2.75) is 19.5 Å². The molecular weight excluding hydrogens is 395 g/mol. The number of nitrogens with zero attached hydrogens (tertiary/aromatic N) is 1. The Morgan fingerprint density at radius 1 is 1.17 bits per heavy atom. The Hall–Kier alpha value is -1.53. The summed E-state index contributed by atoms with van der Waals surface area (Å²) in [4.78, 5) is 5.23. The molecule has 2 nitrogen and oxygen atoms in total. The van der Waals surface area contributed by atoms with Crippen molar-refractivity contribution in [1.29, 1.82) is 0 Å². The molecule has 2 aromatic rings. The lowest BCUT2D eigenvalue weighted by Crippen LogP contribution is -2.14. The molecule has 0 saturated heterocycles. The van der Waals surface area contributed by atoms with Crippen LogP contribution in [0.2, 0.25) is 5.02 Å². The van der Waals surface area contributed by atoms with E-state index in [-0.39, 0.29) is 22.7 Å². The van der Waals surface area contributed by atoms with E-state index in [0.29, 0.717) is 5.75 Å². The molecule has 0 radical (unpaired) electrons. The topological polar surface area (TPSA) is 21.6 Å². The molecule has 122 valence electrons. The lowest BCUT2D eigenvalue weighted by Gasteiger charge is -2.14. The summed E-state index contributed by atoms with van der Waals surface area (Å²) in [5, 5.41) is 4.08. The second-order valence-electron chi connectivity index (χ2n) is 4.62. The second kappa shape index (κ2) is 7.36. The van der Waals surface area contributed by atoms with Gasteiger partial charge in [-0.3, -0.25) is 0 Å². The van der Waals surface area contributed by atoms with Crippen LogP contribution in [0.15, 0.2) is 52.1 Å². The summed E-state index contributed by atoms with van der Waals surface area (Å²) < 4.78 is 40.3. The minimum Gasteiger partial charge on any atom is -0.357 e. The van der Waals surface area contributed by atoms with Crippen LogP contribution in [0, 0.1) is 0 Å². The van der Waals surface area contributed by atoms with Crippen LogP contribution in [0.4, 0.5) is 13.2 Å². The number of halogens is 5. The molecule has 0 fully saturated rings. The van der Waals surface area contributed by atoms with E-state index < -0.39 is 11.7 Å². The highest BCUT2D eigenvalue weighted by Crippen LogP contribution is 2.34. The van der Waals surface area contributed by atoms with E-state index in [1.807, 2.05) is 0 Å². The zero-order valence-electron chi connectivity index (χ0n) is 12.0. The summed E-state index contributed by atoms with van der Waals surface area (Å²) in [6, 6.07) is 10.2. The molecule has 0 atom stereocenters. The SMILES string of the molecule is CCC(=NOc1ccc(Br)cc1)c1cc(Cl)ccc1C(F)(F)F. The van der Waals surface area contributed by atoms with Crippen LogP contribution in [-0.2, 0) is 6.18 Å². The summed E-state index contributed by atoms with van der Waals surface area (Å²) >= 11 is 9.12. The molecule has 0 amide bonds. The fraction of sp³-hybridized carbons (Fsp3) is 0.188. The number of rotatable bonds is 4. The molecule has 7 heteroatoms. The van der Waals surface area contributed by atoms with E-state index in [9.17, 15) is 13.2 Å².